The van der Waals surface area contributed by atoms with E-state index in [0.717, 1.165) is 5.56 Å². The summed E-state index contributed by atoms with van der Waals surface area (Å²) in [6, 6.07) is 13.3. The van der Waals surface area contributed by atoms with Gasteiger partial charge in [0.15, 0.2) is 0 Å². The van der Waals surface area contributed by atoms with Gasteiger partial charge in [-0.05, 0) is 30.3 Å². The van der Waals surface area contributed by atoms with Gasteiger partial charge in [0, 0.05) is 22.8 Å². The molecule has 0 aliphatic carbocycles. The topological polar surface area (TPSA) is 48.7 Å². The number of hydrogen-bond donors (Lipinski definition) is 1. The molecule has 7 heteroatoms. The van der Waals surface area contributed by atoms with Crippen molar-refractivity contribution in [2.45, 2.75) is 0 Å². The van der Waals surface area contributed by atoms with Gasteiger partial charge in [0.25, 0.3) is 0 Å². The van der Waals surface area contributed by atoms with Crippen LogP contribution in [-0.2, 0) is 0 Å². The van der Waals surface area contributed by atoms with Crippen LogP contribution in [0.5, 0.6) is 0 Å². The Morgan fingerprint density at radius 3 is 2.76 bits per heavy atom. The van der Waals surface area contributed by atoms with E-state index in [1.54, 1.807) is 24.3 Å². The lowest BCUT2D eigenvalue weighted by atomic mass is 10.2. The number of nitriles is 1. The molecule has 0 spiro atoms. The van der Waals surface area contributed by atoms with Crippen LogP contribution in [0.3, 0.4) is 0 Å². The first-order valence-electron chi connectivity index (χ1n) is 7.10. The Morgan fingerprint density at radius 2 is 2.04 bits per heavy atom. The summed E-state index contributed by atoms with van der Waals surface area (Å²) in [6.07, 6.45) is 1.51. The van der Waals surface area contributed by atoms with Crippen LogP contribution in [0.4, 0.5) is 10.1 Å². The van der Waals surface area contributed by atoms with Gasteiger partial charge in [-0.15, -0.1) is 11.3 Å². The minimum absolute atomic E-state index is 0.348. The van der Waals surface area contributed by atoms with Crippen LogP contribution in [0.25, 0.3) is 16.8 Å². The number of rotatable bonds is 4. The highest BCUT2D eigenvalue weighted by atomic mass is 35.5. The molecule has 0 amide bonds. The number of benzene rings is 2. The minimum Gasteiger partial charge on any atom is -0.360 e. The van der Waals surface area contributed by atoms with Crippen LogP contribution in [0.2, 0.25) is 10.0 Å². The second kappa shape index (κ2) is 7.66. The van der Waals surface area contributed by atoms with Crippen molar-refractivity contribution < 1.29 is 4.39 Å². The average Bonchev–Trinajstić information content (AvgIpc) is 3.08. The number of nitrogens with one attached hydrogen (secondary N) is 1. The first kappa shape index (κ1) is 17.4. The predicted octanol–water partition coefficient (Wildman–Crippen LogP) is 6.23. The van der Waals surface area contributed by atoms with E-state index in [0.29, 0.717) is 32.0 Å². The molecule has 0 aliphatic heterocycles. The van der Waals surface area contributed by atoms with Gasteiger partial charge in [-0.25, -0.2) is 9.37 Å². The van der Waals surface area contributed by atoms with Gasteiger partial charge in [0.1, 0.15) is 22.5 Å². The number of hydrogen-bond acceptors (Lipinski definition) is 4. The standard InChI is InChI=1S/C18H10Cl2FN3S/c19-15-5-4-11(6-16(15)20)17-10-25-18(24-17)12(8-22)9-23-14-3-1-2-13(21)7-14/h1-7,9-10,23H/b12-9+. The monoisotopic (exact) mass is 389 g/mol. The highest BCUT2D eigenvalue weighted by Gasteiger charge is 2.10. The second-order valence-electron chi connectivity index (χ2n) is 4.99. The van der Waals surface area contributed by atoms with Crippen molar-refractivity contribution in [3.8, 4) is 17.3 Å². The van der Waals surface area contributed by atoms with Crippen molar-refractivity contribution in [2.75, 3.05) is 5.32 Å². The maximum Gasteiger partial charge on any atom is 0.136 e. The molecule has 124 valence electrons. The van der Waals surface area contributed by atoms with Crippen LogP contribution < -0.4 is 5.32 Å². The molecule has 0 atom stereocenters. The fourth-order valence-electron chi connectivity index (χ4n) is 2.06. The summed E-state index contributed by atoms with van der Waals surface area (Å²) in [4.78, 5) is 4.46. The molecule has 2 aromatic carbocycles. The Kier molecular flexibility index (Phi) is 5.34. The summed E-state index contributed by atoms with van der Waals surface area (Å²) < 4.78 is 13.2. The number of aromatic nitrogens is 1. The lowest BCUT2D eigenvalue weighted by Crippen LogP contribution is -1.91. The number of nitrogens with zero attached hydrogens (tertiary/aromatic N) is 2. The normalized spacial score (nSPS) is 11.2. The fourth-order valence-corrected chi connectivity index (χ4v) is 3.15. The summed E-state index contributed by atoms with van der Waals surface area (Å²) in [5.41, 5.74) is 2.41. The summed E-state index contributed by atoms with van der Waals surface area (Å²) in [5.74, 6) is -0.354. The molecule has 0 aliphatic rings. The van der Waals surface area contributed by atoms with Crippen LogP contribution in [0.15, 0.2) is 54.0 Å². The first-order chi connectivity index (χ1) is 12.1. The van der Waals surface area contributed by atoms with Crippen molar-refractivity contribution in [3.05, 3.63) is 74.9 Å². The van der Waals surface area contributed by atoms with E-state index >= 15 is 0 Å². The van der Waals surface area contributed by atoms with Crippen molar-refractivity contribution in [1.29, 1.82) is 5.26 Å². The highest BCUT2D eigenvalue weighted by molar-refractivity contribution is 7.11. The number of halogens is 3. The zero-order chi connectivity index (χ0) is 17.8. The van der Waals surface area contributed by atoms with Crippen LogP contribution >= 0.6 is 34.5 Å². The molecule has 3 aromatic rings. The Morgan fingerprint density at radius 1 is 1.20 bits per heavy atom. The van der Waals surface area contributed by atoms with Gasteiger partial charge < -0.3 is 5.32 Å². The first-order valence-corrected chi connectivity index (χ1v) is 8.74. The summed E-state index contributed by atoms with van der Waals surface area (Å²) >= 11 is 13.3. The zero-order valence-electron chi connectivity index (χ0n) is 12.6. The van der Waals surface area contributed by atoms with Gasteiger partial charge in [-0.1, -0.05) is 35.3 Å². The third kappa shape index (κ3) is 4.18. The molecule has 25 heavy (non-hydrogen) atoms. The van der Waals surface area contributed by atoms with Crippen LogP contribution in [-0.4, -0.2) is 4.98 Å². The number of thiazole rings is 1. The van der Waals surface area contributed by atoms with Gasteiger partial charge in [0.2, 0.25) is 0 Å². The van der Waals surface area contributed by atoms with Crippen LogP contribution in [0.1, 0.15) is 5.01 Å². The third-order valence-corrected chi connectivity index (χ3v) is 4.89. The number of allylic oxidation sites excluding steroid dienone is 1. The Hall–Kier alpha value is -2.39. The van der Waals surface area contributed by atoms with Gasteiger partial charge in [-0.3, -0.25) is 0 Å². The maximum atomic E-state index is 13.2. The quantitative estimate of drug-likeness (QED) is 0.537. The van der Waals surface area contributed by atoms with E-state index in [2.05, 4.69) is 16.4 Å². The smallest absolute Gasteiger partial charge is 0.136 e. The number of anilines is 1. The largest absolute Gasteiger partial charge is 0.360 e. The zero-order valence-corrected chi connectivity index (χ0v) is 15.0. The van der Waals surface area contributed by atoms with E-state index in [1.807, 2.05) is 11.4 Å². The Labute approximate surface area is 158 Å². The van der Waals surface area contributed by atoms with Crippen molar-refractivity contribution in [1.82, 2.24) is 4.98 Å². The molecule has 3 rings (SSSR count). The summed E-state index contributed by atoms with van der Waals surface area (Å²) in [5, 5.41) is 15.6. The lowest BCUT2D eigenvalue weighted by Gasteiger charge is -2.01. The summed E-state index contributed by atoms with van der Waals surface area (Å²) in [7, 11) is 0. The van der Waals surface area contributed by atoms with Gasteiger partial charge in [-0.2, -0.15) is 5.26 Å². The van der Waals surface area contributed by atoms with Crippen LogP contribution in [0, 0.1) is 17.1 Å². The molecular weight excluding hydrogens is 380 g/mol. The Bertz CT molecular complexity index is 992. The molecule has 0 unspecified atom stereocenters. The lowest BCUT2D eigenvalue weighted by molar-refractivity contribution is 0.628. The minimum atomic E-state index is -0.354. The maximum absolute atomic E-state index is 13.2. The SMILES string of the molecule is N#C/C(=C\Nc1cccc(F)c1)c1nc(-c2ccc(Cl)c(Cl)c2)cs1. The van der Waals surface area contributed by atoms with Gasteiger partial charge >= 0.3 is 0 Å². The molecule has 0 saturated heterocycles. The average molecular weight is 390 g/mol. The van der Waals surface area contributed by atoms with Crippen molar-refractivity contribution in [2.24, 2.45) is 0 Å². The van der Waals surface area contributed by atoms with Crippen molar-refractivity contribution in [3.63, 3.8) is 0 Å². The van der Waals surface area contributed by atoms with E-state index in [1.165, 1.54) is 29.7 Å². The molecular formula is C18H10Cl2FN3S. The fraction of sp³-hybridized carbons (Fsp3) is 0. The van der Waals surface area contributed by atoms with Gasteiger partial charge in [0.05, 0.1) is 15.7 Å². The highest BCUT2D eigenvalue weighted by Crippen LogP contribution is 2.30. The van der Waals surface area contributed by atoms with E-state index in [9.17, 15) is 9.65 Å². The molecule has 1 N–H and O–H groups in total. The Balaban J connectivity index is 1.85. The van der Waals surface area contributed by atoms with E-state index in [-0.39, 0.29) is 5.82 Å². The van der Waals surface area contributed by atoms with Crippen molar-refractivity contribution >= 4 is 45.8 Å². The van der Waals surface area contributed by atoms with E-state index in [4.69, 9.17) is 23.2 Å². The third-order valence-electron chi connectivity index (χ3n) is 3.28. The van der Waals surface area contributed by atoms with E-state index < -0.39 is 0 Å². The molecule has 0 fully saturated rings. The second-order valence-corrected chi connectivity index (χ2v) is 6.66. The molecule has 0 bridgehead atoms. The predicted molar refractivity (Wildman–Crippen MR) is 101 cm³/mol. The molecule has 1 aromatic heterocycles. The molecule has 3 nitrogen and oxygen atoms in total. The molecule has 1 heterocycles. The summed E-state index contributed by atoms with van der Waals surface area (Å²) in [6.45, 7) is 0. The molecule has 0 saturated carbocycles. The molecule has 0 radical (unpaired) electrons.